The second kappa shape index (κ2) is 6.48. The van der Waals surface area contributed by atoms with E-state index in [2.05, 4.69) is 16.9 Å². The lowest BCUT2D eigenvalue weighted by molar-refractivity contribution is 0.0696. The Hall–Kier alpha value is -1.94. The highest BCUT2D eigenvalue weighted by atomic mass is 35.5. The summed E-state index contributed by atoms with van der Waals surface area (Å²) in [5.74, 6) is -0.696. The topological polar surface area (TPSA) is 63.1 Å². The van der Waals surface area contributed by atoms with Crippen molar-refractivity contribution in [1.82, 2.24) is 9.97 Å². The average Bonchev–Trinajstić information content (AvgIpc) is 2.45. The molecule has 104 valence electrons. The number of aromatic carboxylic acids is 1. The number of carboxylic acid groups (broad SMARTS) is 1. The minimum atomic E-state index is -1.13. The van der Waals surface area contributed by atoms with Gasteiger partial charge in [-0.25, -0.2) is 14.8 Å². The first-order valence-corrected chi connectivity index (χ1v) is 6.84. The van der Waals surface area contributed by atoms with Crippen molar-refractivity contribution in [1.29, 1.82) is 0 Å². The summed E-state index contributed by atoms with van der Waals surface area (Å²) in [7, 11) is 0. The molecule has 0 aliphatic carbocycles. The number of rotatable bonds is 5. The highest BCUT2D eigenvalue weighted by Crippen LogP contribution is 2.20. The summed E-state index contributed by atoms with van der Waals surface area (Å²) in [4.78, 5) is 18.9. The molecule has 2 rings (SSSR count). The highest BCUT2D eigenvalue weighted by Gasteiger charge is 2.12. The lowest BCUT2D eigenvalue weighted by atomic mass is 10.1. The highest BCUT2D eigenvalue weighted by molar-refractivity contribution is 6.32. The van der Waals surface area contributed by atoms with Gasteiger partial charge in [0, 0.05) is 11.8 Å². The van der Waals surface area contributed by atoms with Crippen LogP contribution in [0, 0.1) is 0 Å². The molecule has 0 atom stereocenters. The van der Waals surface area contributed by atoms with Gasteiger partial charge in [0.2, 0.25) is 0 Å². The monoisotopic (exact) mass is 290 g/mol. The summed E-state index contributed by atoms with van der Waals surface area (Å²) >= 11 is 5.84. The van der Waals surface area contributed by atoms with Gasteiger partial charge in [-0.15, -0.1) is 0 Å². The number of carbonyl (C=O) groups is 1. The van der Waals surface area contributed by atoms with E-state index in [9.17, 15) is 4.79 Å². The minimum absolute atomic E-state index is 0.0439. The lowest BCUT2D eigenvalue weighted by Crippen LogP contribution is -2.01. The van der Waals surface area contributed by atoms with Crippen molar-refractivity contribution in [2.24, 2.45) is 0 Å². The van der Waals surface area contributed by atoms with Crippen molar-refractivity contribution in [2.45, 2.75) is 26.2 Å². The predicted octanol–water partition coefficient (Wildman–Crippen LogP) is 3.84. The molecule has 0 aliphatic heterocycles. The second-order valence-corrected chi connectivity index (χ2v) is 4.86. The Labute approximate surface area is 122 Å². The molecule has 1 aromatic carbocycles. The van der Waals surface area contributed by atoms with Gasteiger partial charge in [-0.3, -0.25) is 0 Å². The van der Waals surface area contributed by atoms with Gasteiger partial charge in [-0.2, -0.15) is 0 Å². The quantitative estimate of drug-likeness (QED) is 0.850. The third kappa shape index (κ3) is 3.33. The summed E-state index contributed by atoms with van der Waals surface area (Å²) in [6.07, 6.45) is 4.61. The molecule has 0 saturated heterocycles. The molecule has 0 aliphatic rings. The SMILES string of the molecule is CCCCc1ccc(-c2ncc(C(=O)O)c(Cl)n2)cc1. The van der Waals surface area contributed by atoms with Crippen LogP contribution in [0.25, 0.3) is 11.4 Å². The standard InChI is InChI=1S/C15H15ClN2O2/c1-2-3-4-10-5-7-11(8-6-10)14-17-9-12(15(19)20)13(16)18-14/h5-9H,2-4H2,1H3,(H,19,20). The van der Waals surface area contributed by atoms with Crippen LogP contribution in [0.3, 0.4) is 0 Å². The molecular weight excluding hydrogens is 276 g/mol. The van der Waals surface area contributed by atoms with Crippen LogP contribution < -0.4 is 0 Å². The van der Waals surface area contributed by atoms with Crippen LogP contribution in [0.4, 0.5) is 0 Å². The smallest absolute Gasteiger partial charge is 0.340 e. The second-order valence-electron chi connectivity index (χ2n) is 4.50. The van der Waals surface area contributed by atoms with Crippen LogP contribution in [-0.2, 0) is 6.42 Å². The normalized spacial score (nSPS) is 10.5. The number of aromatic nitrogens is 2. The number of hydrogen-bond acceptors (Lipinski definition) is 3. The lowest BCUT2D eigenvalue weighted by Gasteiger charge is -2.04. The van der Waals surface area contributed by atoms with E-state index in [-0.39, 0.29) is 10.7 Å². The summed E-state index contributed by atoms with van der Waals surface area (Å²) in [6, 6.07) is 7.93. The largest absolute Gasteiger partial charge is 0.478 e. The van der Waals surface area contributed by atoms with E-state index in [1.54, 1.807) is 0 Å². The molecule has 1 aromatic heterocycles. The summed E-state index contributed by atoms with van der Waals surface area (Å²) in [5, 5.41) is 8.84. The maximum atomic E-state index is 10.9. The van der Waals surface area contributed by atoms with Gasteiger partial charge < -0.3 is 5.11 Å². The van der Waals surface area contributed by atoms with E-state index >= 15 is 0 Å². The van der Waals surface area contributed by atoms with Crippen LogP contribution in [-0.4, -0.2) is 21.0 Å². The Bertz CT molecular complexity index is 612. The Balaban J connectivity index is 2.23. The van der Waals surface area contributed by atoms with Crippen molar-refractivity contribution in [3.8, 4) is 11.4 Å². The fourth-order valence-electron chi connectivity index (χ4n) is 1.84. The predicted molar refractivity (Wildman–Crippen MR) is 78.0 cm³/mol. The number of aryl methyl sites for hydroxylation is 1. The van der Waals surface area contributed by atoms with E-state index in [0.717, 1.165) is 24.8 Å². The fraction of sp³-hybridized carbons (Fsp3) is 0.267. The van der Waals surface area contributed by atoms with E-state index in [1.807, 2.05) is 24.3 Å². The van der Waals surface area contributed by atoms with Gasteiger partial charge in [0.1, 0.15) is 10.7 Å². The molecule has 0 radical (unpaired) electrons. The van der Waals surface area contributed by atoms with Crippen LogP contribution in [0.15, 0.2) is 30.5 Å². The van der Waals surface area contributed by atoms with Crippen molar-refractivity contribution in [2.75, 3.05) is 0 Å². The van der Waals surface area contributed by atoms with E-state index in [1.165, 1.54) is 11.8 Å². The zero-order valence-corrected chi connectivity index (χ0v) is 11.9. The first-order valence-electron chi connectivity index (χ1n) is 6.47. The molecule has 1 heterocycles. The maximum Gasteiger partial charge on any atom is 0.340 e. The molecule has 2 aromatic rings. The summed E-state index contributed by atoms with van der Waals surface area (Å²) in [6.45, 7) is 2.16. The van der Waals surface area contributed by atoms with Crippen molar-refractivity contribution < 1.29 is 9.90 Å². The van der Waals surface area contributed by atoms with E-state index in [0.29, 0.717) is 5.82 Å². The Morgan fingerprint density at radius 3 is 2.55 bits per heavy atom. The van der Waals surface area contributed by atoms with E-state index in [4.69, 9.17) is 16.7 Å². The number of unbranched alkanes of at least 4 members (excludes halogenated alkanes) is 1. The molecule has 0 unspecified atom stereocenters. The molecule has 0 fully saturated rings. The maximum absolute atomic E-state index is 10.9. The van der Waals surface area contributed by atoms with Gasteiger partial charge in [0.15, 0.2) is 5.82 Å². The number of carboxylic acids is 1. The van der Waals surface area contributed by atoms with Gasteiger partial charge in [-0.1, -0.05) is 49.2 Å². The molecule has 0 saturated carbocycles. The van der Waals surface area contributed by atoms with Gasteiger partial charge in [0.05, 0.1) is 0 Å². The number of benzene rings is 1. The van der Waals surface area contributed by atoms with Gasteiger partial charge >= 0.3 is 5.97 Å². The van der Waals surface area contributed by atoms with Crippen LogP contribution in [0.1, 0.15) is 35.7 Å². The van der Waals surface area contributed by atoms with Gasteiger partial charge in [0.25, 0.3) is 0 Å². The van der Waals surface area contributed by atoms with Crippen molar-refractivity contribution in [3.63, 3.8) is 0 Å². The third-order valence-electron chi connectivity index (χ3n) is 3.00. The third-order valence-corrected chi connectivity index (χ3v) is 3.29. The number of nitrogens with zero attached hydrogens (tertiary/aromatic N) is 2. The van der Waals surface area contributed by atoms with Crippen molar-refractivity contribution in [3.05, 3.63) is 46.7 Å². The zero-order valence-electron chi connectivity index (χ0n) is 11.1. The Kier molecular flexibility index (Phi) is 4.69. The van der Waals surface area contributed by atoms with Crippen LogP contribution >= 0.6 is 11.6 Å². The molecule has 5 heteroatoms. The number of hydrogen-bond donors (Lipinski definition) is 1. The summed E-state index contributed by atoms with van der Waals surface area (Å²) < 4.78 is 0. The van der Waals surface area contributed by atoms with Crippen LogP contribution in [0.5, 0.6) is 0 Å². The average molecular weight is 291 g/mol. The molecule has 0 bridgehead atoms. The fourth-order valence-corrected chi connectivity index (χ4v) is 2.05. The molecule has 4 nitrogen and oxygen atoms in total. The molecule has 0 amide bonds. The molecule has 1 N–H and O–H groups in total. The summed E-state index contributed by atoms with van der Waals surface area (Å²) in [5.41, 5.74) is 2.00. The van der Waals surface area contributed by atoms with Crippen LogP contribution in [0.2, 0.25) is 5.15 Å². The molecular formula is C15H15ClN2O2. The minimum Gasteiger partial charge on any atom is -0.478 e. The molecule has 20 heavy (non-hydrogen) atoms. The van der Waals surface area contributed by atoms with Crippen molar-refractivity contribution >= 4 is 17.6 Å². The first kappa shape index (κ1) is 14.5. The first-order chi connectivity index (χ1) is 9.61. The Morgan fingerprint density at radius 2 is 2.00 bits per heavy atom. The van der Waals surface area contributed by atoms with Gasteiger partial charge in [-0.05, 0) is 18.4 Å². The number of halogens is 1. The zero-order chi connectivity index (χ0) is 14.5. The molecule has 0 spiro atoms. The Morgan fingerprint density at radius 1 is 1.30 bits per heavy atom. The van der Waals surface area contributed by atoms with E-state index < -0.39 is 5.97 Å².